The average Bonchev–Trinajstić information content (AvgIpc) is 2.46. The molecule has 1 aliphatic rings. The van der Waals surface area contributed by atoms with Crippen LogP contribution in [0.15, 0.2) is 54.6 Å². The zero-order valence-corrected chi connectivity index (χ0v) is 13.6. The van der Waals surface area contributed by atoms with E-state index in [1.54, 1.807) is 0 Å². The standard InChI is InChI=1S/C20H28O/c1-14(2)18-11-19(15(3)4)16(5)20(12-18)21-13-17-9-7-6-8-10-17/h6-10,16,18-20H,1,3,11-13H2,2,4-5H3/t16?,18-,19+,20?/m0/s1. The predicted octanol–water partition coefficient (Wildman–Crippen LogP) is 5.39. The van der Waals surface area contributed by atoms with E-state index in [9.17, 15) is 0 Å². The summed E-state index contributed by atoms with van der Waals surface area (Å²) in [5.74, 6) is 1.63. The van der Waals surface area contributed by atoms with Gasteiger partial charge in [0.05, 0.1) is 12.7 Å². The van der Waals surface area contributed by atoms with Crippen LogP contribution < -0.4 is 0 Å². The lowest BCUT2D eigenvalue weighted by Crippen LogP contribution is -2.37. The highest BCUT2D eigenvalue weighted by molar-refractivity contribution is 5.14. The van der Waals surface area contributed by atoms with Crippen molar-refractivity contribution in [2.24, 2.45) is 17.8 Å². The number of rotatable bonds is 5. The maximum absolute atomic E-state index is 6.26. The molecule has 1 aromatic rings. The highest BCUT2D eigenvalue weighted by Crippen LogP contribution is 2.41. The number of hydrogen-bond donors (Lipinski definition) is 0. The quantitative estimate of drug-likeness (QED) is 0.659. The van der Waals surface area contributed by atoms with Gasteiger partial charge in [0.2, 0.25) is 0 Å². The number of ether oxygens (including phenoxy) is 1. The molecule has 0 aliphatic heterocycles. The van der Waals surface area contributed by atoms with Crippen LogP contribution >= 0.6 is 0 Å². The molecule has 1 aromatic carbocycles. The van der Waals surface area contributed by atoms with Gasteiger partial charge < -0.3 is 4.74 Å². The second-order valence-corrected chi connectivity index (χ2v) is 6.66. The van der Waals surface area contributed by atoms with Crippen LogP contribution in [0.25, 0.3) is 0 Å². The zero-order valence-electron chi connectivity index (χ0n) is 13.6. The fourth-order valence-corrected chi connectivity index (χ4v) is 3.42. The summed E-state index contributed by atoms with van der Waals surface area (Å²) in [7, 11) is 0. The van der Waals surface area contributed by atoms with Gasteiger partial charge >= 0.3 is 0 Å². The largest absolute Gasteiger partial charge is 0.373 e. The van der Waals surface area contributed by atoms with Gasteiger partial charge in [0.25, 0.3) is 0 Å². The maximum atomic E-state index is 6.26. The van der Waals surface area contributed by atoms with Crippen molar-refractivity contribution in [3.63, 3.8) is 0 Å². The Bertz CT molecular complexity index is 488. The summed E-state index contributed by atoms with van der Waals surface area (Å²) >= 11 is 0. The van der Waals surface area contributed by atoms with Crippen LogP contribution in [-0.2, 0) is 11.3 Å². The van der Waals surface area contributed by atoms with E-state index in [1.807, 2.05) is 6.07 Å². The molecule has 0 heterocycles. The summed E-state index contributed by atoms with van der Waals surface area (Å²) in [4.78, 5) is 0. The Labute approximate surface area is 129 Å². The van der Waals surface area contributed by atoms with E-state index in [2.05, 4.69) is 58.2 Å². The van der Waals surface area contributed by atoms with Crippen molar-refractivity contribution in [1.29, 1.82) is 0 Å². The topological polar surface area (TPSA) is 9.23 Å². The van der Waals surface area contributed by atoms with Crippen LogP contribution in [0.2, 0.25) is 0 Å². The molecule has 1 nitrogen and oxygen atoms in total. The van der Waals surface area contributed by atoms with Crippen LogP contribution in [0.1, 0.15) is 39.2 Å². The van der Waals surface area contributed by atoms with Gasteiger partial charge in [0.1, 0.15) is 0 Å². The molecule has 0 N–H and O–H groups in total. The minimum atomic E-state index is 0.294. The molecule has 2 rings (SSSR count). The van der Waals surface area contributed by atoms with E-state index in [1.165, 1.54) is 23.1 Å². The summed E-state index contributed by atoms with van der Waals surface area (Å²) in [6.45, 7) is 15.7. The van der Waals surface area contributed by atoms with Crippen LogP contribution in [0.5, 0.6) is 0 Å². The summed E-state index contributed by atoms with van der Waals surface area (Å²) in [5, 5.41) is 0. The molecule has 0 amide bonds. The third-order valence-electron chi connectivity index (χ3n) is 4.91. The smallest absolute Gasteiger partial charge is 0.0720 e. The molecule has 0 radical (unpaired) electrons. The predicted molar refractivity (Wildman–Crippen MR) is 90.0 cm³/mol. The van der Waals surface area contributed by atoms with Crippen molar-refractivity contribution < 1.29 is 4.74 Å². The van der Waals surface area contributed by atoms with E-state index < -0.39 is 0 Å². The molecule has 0 aromatic heterocycles. The van der Waals surface area contributed by atoms with Gasteiger partial charge in [-0.1, -0.05) is 61.6 Å². The van der Waals surface area contributed by atoms with Crippen molar-refractivity contribution in [2.75, 3.05) is 0 Å². The first-order valence-corrected chi connectivity index (χ1v) is 7.95. The minimum Gasteiger partial charge on any atom is -0.373 e. The zero-order chi connectivity index (χ0) is 15.4. The molecule has 114 valence electrons. The molecule has 0 bridgehead atoms. The number of allylic oxidation sites excluding steroid dienone is 2. The first kappa shape index (κ1) is 16.0. The molecule has 2 unspecified atom stereocenters. The van der Waals surface area contributed by atoms with Gasteiger partial charge in [-0.3, -0.25) is 0 Å². The Hall–Kier alpha value is -1.34. The lowest BCUT2D eigenvalue weighted by molar-refractivity contribution is -0.0412. The van der Waals surface area contributed by atoms with Crippen molar-refractivity contribution in [3.8, 4) is 0 Å². The minimum absolute atomic E-state index is 0.294. The monoisotopic (exact) mass is 284 g/mol. The number of benzene rings is 1. The van der Waals surface area contributed by atoms with Crippen molar-refractivity contribution in [3.05, 3.63) is 60.2 Å². The highest BCUT2D eigenvalue weighted by Gasteiger charge is 2.36. The van der Waals surface area contributed by atoms with E-state index in [-0.39, 0.29) is 0 Å². The van der Waals surface area contributed by atoms with Crippen LogP contribution in [0, 0.1) is 17.8 Å². The molecule has 1 saturated carbocycles. The van der Waals surface area contributed by atoms with Gasteiger partial charge in [-0.25, -0.2) is 0 Å². The van der Waals surface area contributed by atoms with Crippen LogP contribution in [0.4, 0.5) is 0 Å². The average molecular weight is 284 g/mol. The summed E-state index contributed by atoms with van der Waals surface area (Å²) in [5.41, 5.74) is 3.80. The second-order valence-electron chi connectivity index (χ2n) is 6.66. The van der Waals surface area contributed by atoms with Gasteiger partial charge in [-0.15, -0.1) is 0 Å². The lowest BCUT2D eigenvalue weighted by atomic mass is 9.69. The molecule has 1 aliphatic carbocycles. The Balaban J connectivity index is 2.05. The van der Waals surface area contributed by atoms with E-state index in [0.717, 1.165) is 6.42 Å². The van der Waals surface area contributed by atoms with E-state index in [0.29, 0.717) is 30.5 Å². The van der Waals surface area contributed by atoms with Crippen molar-refractivity contribution >= 4 is 0 Å². The molecular formula is C20H28O. The van der Waals surface area contributed by atoms with Crippen LogP contribution in [0.3, 0.4) is 0 Å². The molecule has 1 fully saturated rings. The third-order valence-corrected chi connectivity index (χ3v) is 4.91. The van der Waals surface area contributed by atoms with Gasteiger partial charge in [-0.2, -0.15) is 0 Å². The summed E-state index contributed by atoms with van der Waals surface area (Å²) in [6, 6.07) is 10.4. The van der Waals surface area contributed by atoms with Crippen molar-refractivity contribution in [2.45, 2.75) is 46.3 Å². The summed E-state index contributed by atoms with van der Waals surface area (Å²) in [6.07, 6.45) is 2.56. The first-order chi connectivity index (χ1) is 9.99. The van der Waals surface area contributed by atoms with Crippen molar-refractivity contribution in [1.82, 2.24) is 0 Å². The molecule has 0 spiro atoms. The van der Waals surface area contributed by atoms with Gasteiger partial charge in [-0.05, 0) is 50.0 Å². The molecule has 4 atom stereocenters. The first-order valence-electron chi connectivity index (χ1n) is 7.95. The Kier molecular flexibility index (Phi) is 5.41. The van der Waals surface area contributed by atoms with Gasteiger partial charge in [0.15, 0.2) is 0 Å². The van der Waals surface area contributed by atoms with Crippen LogP contribution in [-0.4, -0.2) is 6.10 Å². The second kappa shape index (κ2) is 7.09. The molecule has 0 saturated heterocycles. The number of hydrogen-bond acceptors (Lipinski definition) is 1. The normalized spacial score (nSPS) is 29.1. The highest BCUT2D eigenvalue weighted by atomic mass is 16.5. The Morgan fingerprint density at radius 1 is 1.10 bits per heavy atom. The molecule has 1 heteroatoms. The Morgan fingerprint density at radius 2 is 1.76 bits per heavy atom. The maximum Gasteiger partial charge on any atom is 0.0720 e. The van der Waals surface area contributed by atoms with Gasteiger partial charge in [0, 0.05) is 0 Å². The fraction of sp³-hybridized carbons (Fsp3) is 0.500. The Morgan fingerprint density at radius 3 is 2.33 bits per heavy atom. The SMILES string of the molecule is C=C(C)[C@@H]1CC(OCc2ccccc2)C(C)[C@@H](C(=C)C)C1. The van der Waals surface area contributed by atoms with E-state index >= 15 is 0 Å². The molecule has 21 heavy (non-hydrogen) atoms. The lowest BCUT2D eigenvalue weighted by Gasteiger charge is -2.41. The fourth-order valence-electron chi connectivity index (χ4n) is 3.42. The third kappa shape index (κ3) is 4.07. The summed E-state index contributed by atoms with van der Waals surface area (Å²) < 4.78 is 6.26. The molecular weight excluding hydrogens is 256 g/mol. The van der Waals surface area contributed by atoms with E-state index in [4.69, 9.17) is 4.74 Å².